The van der Waals surface area contributed by atoms with Crippen LogP contribution in [0.5, 0.6) is 0 Å². The molecule has 1 saturated carbocycles. The Morgan fingerprint density at radius 3 is 2.74 bits per heavy atom. The SMILES string of the molecule is O=c1cnn(-c2ccc3nn(-c4cccnc4)cc3c2)c(=O)n1CC1CC1. The second-order valence-electron chi connectivity index (χ2n) is 6.76. The average molecular weight is 360 g/mol. The third kappa shape index (κ3) is 2.84. The number of rotatable bonds is 4. The number of hydrogen-bond donors (Lipinski definition) is 0. The second-order valence-corrected chi connectivity index (χ2v) is 6.76. The summed E-state index contributed by atoms with van der Waals surface area (Å²) in [7, 11) is 0. The van der Waals surface area contributed by atoms with E-state index in [9.17, 15) is 9.59 Å². The summed E-state index contributed by atoms with van der Waals surface area (Å²) >= 11 is 0. The zero-order valence-electron chi connectivity index (χ0n) is 14.4. The van der Waals surface area contributed by atoms with Gasteiger partial charge in [0.1, 0.15) is 6.20 Å². The van der Waals surface area contributed by atoms with Crippen LogP contribution in [0.3, 0.4) is 0 Å². The van der Waals surface area contributed by atoms with Crippen LogP contribution in [0.1, 0.15) is 12.8 Å². The van der Waals surface area contributed by atoms with Crippen molar-refractivity contribution >= 4 is 10.9 Å². The van der Waals surface area contributed by atoms with Gasteiger partial charge in [-0.2, -0.15) is 14.9 Å². The van der Waals surface area contributed by atoms with E-state index in [0.29, 0.717) is 18.2 Å². The number of hydrogen-bond acceptors (Lipinski definition) is 5. The normalized spacial score (nSPS) is 13.9. The molecule has 0 bridgehead atoms. The molecule has 0 aliphatic heterocycles. The van der Waals surface area contributed by atoms with Crippen molar-refractivity contribution in [2.75, 3.05) is 0 Å². The van der Waals surface area contributed by atoms with Crippen molar-refractivity contribution < 1.29 is 0 Å². The van der Waals surface area contributed by atoms with Gasteiger partial charge in [0, 0.05) is 24.3 Å². The van der Waals surface area contributed by atoms with Gasteiger partial charge in [-0.3, -0.25) is 14.3 Å². The van der Waals surface area contributed by atoms with Crippen molar-refractivity contribution in [3.63, 3.8) is 0 Å². The molecule has 4 aromatic rings. The zero-order chi connectivity index (χ0) is 18.4. The third-order valence-electron chi connectivity index (χ3n) is 4.74. The lowest BCUT2D eigenvalue weighted by Crippen LogP contribution is -2.40. The fraction of sp³-hybridized carbons (Fsp3) is 0.211. The highest BCUT2D eigenvalue weighted by Gasteiger charge is 2.23. The van der Waals surface area contributed by atoms with Crippen LogP contribution in [0.25, 0.3) is 22.3 Å². The average Bonchev–Trinajstić information content (AvgIpc) is 3.41. The molecular formula is C19H16N6O2. The van der Waals surface area contributed by atoms with Crippen LogP contribution in [0.4, 0.5) is 0 Å². The topological polar surface area (TPSA) is 87.6 Å². The standard InChI is InChI=1S/C19H16N6O2/c26-18-10-21-25(19(27)23(18)11-13-3-4-13)15-5-6-17-14(8-15)12-24(22-17)16-2-1-7-20-9-16/h1-2,5-10,12-13H,3-4,11H2. The van der Waals surface area contributed by atoms with Gasteiger partial charge < -0.3 is 0 Å². The van der Waals surface area contributed by atoms with Gasteiger partial charge in [-0.1, -0.05) is 0 Å². The molecule has 1 aliphatic rings. The van der Waals surface area contributed by atoms with Crippen LogP contribution in [-0.4, -0.2) is 29.1 Å². The summed E-state index contributed by atoms with van der Waals surface area (Å²) in [6.45, 7) is 0.460. The summed E-state index contributed by atoms with van der Waals surface area (Å²) in [5.41, 5.74) is 1.48. The molecule has 3 heterocycles. The second kappa shape index (κ2) is 6.01. The lowest BCUT2D eigenvalue weighted by molar-refractivity contribution is 0.538. The third-order valence-corrected chi connectivity index (χ3v) is 4.74. The van der Waals surface area contributed by atoms with E-state index in [1.807, 2.05) is 30.5 Å². The van der Waals surface area contributed by atoms with Crippen molar-refractivity contribution in [3.8, 4) is 11.4 Å². The summed E-state index contributed by atoms with van der Waals surface area (Å²) in [5, 5.41) is 9.44. The summed E-state index contributed by atoms with van der Waals surface area (Å²) in [6, 6.07) is 9.22. The summed E-state index contributed by atoms with van der Waals surface area (Å²) in [5.74, 6) is 0.423. The van der Waals surface area contributed by atoms with Crippen LogP contribution in [0.15, 0.2) is 64.7 Å². The van der Waals surface area contributed by atoms with E-state index in [2.05, 4.69) is 15.2 Å². The predicted octanol–water partition coefficient (Wildman–Crippen LogP) is 1.54. The maximum absolute atomic E-state index is 12.8. The first-order valence-electron chi connectivity index (χ1n) is 8.78. The predicted molar refractivity (Wildman–Crippen MR) is 99.2 cm³/mol. The van der Waals surface area contributed by atoms with Crippen molar-refractivity contribution in [1.82, 2.24) is 29.1 Å². The molecule has 0 atom stereocenters. The van der Waals surface area contributed by atoms with Crippen LogP contribution in [0.2, 0.25) is 0 Å². The molecule has 0 radical (unpaired) electrons. The Bertz CT molecular complexity index is 1250. The van der Waals surface area contributed by atoms with Crippen molar-refractivity contribution in [3.05, 3.63) is 76.0 Å². The Morgan fingerprint density at radius 1 is 1.07 bits per heavy atom. The molecule has 8 nitrogen and oxygen atoms in total. The lowest BCUT2D eigenvalue weighted by atomic mass is 10.2. The summed E-state index contributed by atoms with van der Waals surface area (Å²) in [6.07, 6.45) is 8.64. The number of fused-ring (bicyclic) bond motifs is 1. The van der Waals surface area contributed by atoms with Gasteiger partial charge >= 0.3 is 5.69 Å². The highest BCUT2D eigenvalue weighted by molar-refractivity contribution is 5.80. The fourth-order valence-corrected chi connectivity index (χ4v) is 3.10. The minimum absolute atomic E-state index is 0.353. The fourth-order valence-electron chi connectivity index (χ4n) is 3.10. The van der Waals surface area contributed by atoms with Gasteiger partial charge in [-0.25, -0.2) is 9.48 Å². The molecule has 5 rings (SSSR count). The Kier molecular flexibility index (Phi) is 3.49. The van der Waals surface area contributed by atoms with Gasteiger partial charge in [-0.05, 0) is 49.1 Å². The largest absolute Gasteiger partial charge is 0.352 e. The molecule has 27 heavy (non-hydrogen) atoms. The van der Waals surface area contributed by atoms with E-state index >= 15 is 0 Å². The van der Waals surface area contributed by atoms with E-state index < -0.39 is 5.69 Å². The molecule has 0 amide bonds. The lowest BCUT2D eigenvalue weighted by Gasteiger charge is -2.08. The van der Waals surface area contributed by atoms with Crippen LogP contribution < -0.4 is 11.2 Å². The van der Waals surface area contributed by atoms with Gasteiger partial charge in [0.2, 0.25) is 0 Å². The first kappa shape index (κ1) is 15.7. The molecule has 0 saturated heterocycles. The van der Waals surface area contributed by atoms with Gasteiger partial charge in [0.15, 0.2) is 0 Å². The molecule has 0 N–H and O–H groups in total. The van der Waals surface area contributed by atoms with E-state index in [4.69, 9.17) is 0 Å². The first-order valence-corrected chi connectivity index (χ1v) is 8.78. The summed E-state index contributed by atoms with van der Waals surface area (Å²) < 4.78 is 4.28. The molecule has 3 aromatic heterocycles. The molecule has 8 heteroatoms. The minimum Gasteiger partial charge on any atom is -0.267 e. The summed E-state index contributed by atoms with van der Waals surface area (Å²) in [4.78, 5) is 28.9. The van der Waals surface area contributed by atoms with E-state index in [1.165, 1.54) is 15.4 Å². The van der Waals surface area contributed by atoms with Crippen LogP contribution >= 0.6 is 0 Å². The smallest absolute Gasteiger partial charge is 0.267 e. The van der Waals surface area contributed by atoms with Crippen molar-refractivity contribution in [1.29, 1.82) is 0 Å². The van der Waals surface area contributed by atoms with Crippen molar-refractivity contribution in [2.24, 2.45) is 5.92 Å². The highest BCUT2D eigenvalue weighted by atomic mass is 16.2. The molecule has 0 spiro atoms. The van der Waals surface area contributed by atoms with E-state index in [-0.39, 0.29) is 5.56 Å². The maximum atomic E-state index is 12.8. The molecule has 1 aromatic carbocycles. The van der Waals surface area contributed by atoms with E-state index in [0.717, 1.165) is 29.4 Å². The number of nitrogens with zero attached hydrogens (tertiary/aromatic N) is 6. The Balaban J connectivity index is 1.59. The van der Waals surface area contributed by atoms with Crippen LogP contribution in [0, 0.1) is 5.92 Å². The van der Waals surface area contributed by atoms with Gasteiger partial charge in [-0.15, -0.1) is 0 Å². The Morgan fingerprint density at radius 2 is 1.96 bits per heavy atom. The highest BCUT2D eigenvalue weighted by Crippen LogP contribution is 2.29. The van der Waals surface area contributed by atoms with E-state index in [1.54, 1.807) is 23.1 Å². The monoisotopic (exact) mass is 360 g/mol. The van der Waals surface area contributed by atoms with Crippen molar-refractivity contribution in [2.45, 2.75) is 19.4 Å². The molecule has 1 fully saturated rings. The molecule has 134 valence electrons. The molecule has 1 aliphatic carbocycles. The zero-order valence-corrected chi connectivity index (χ0v) is 14.4. The van der Waals surface area contributed by atoms with Gasteiger partial charge in [0.25, 0.3) is 5.56 Å². The molecular weight excluding hydrogens is 344 g/mol. The number of benzene rings is 1. The Hall–Kier alpha value is -3.55. The quantitative estimate of drug-likeness (QED) is 0.551. The van der Waals surface area contributed by atoms with Crippen LogP contribution in [-0.2, 0) is 6.54 Å². The maximum Gasteiger partial charge on any atom is 0.352 e. The number of aromatic nitrogens is 6. The number of pyridine rings is 1. The molecule has 0 unspecified atom stereocenters. The Labute approximate surface area is 153 Å². The first-order chi connectivity index (χ1) is 13.2. The minimum atomic E-state index is -0.409. The van der Waals surface area contributed by atoms with Gasteiger partial charge in [0.05, 0.1) is 23.1 Å².